The Bertz CT molecular complexity index is 580. The summed E-state index contributed by atoms with van der Waals surface area (Å²) in [5.74, 6) is 0.366. The third-order valence-electron chi connectivity index (χ3n) is 3.22. The van der Waals surface area contributed by atoms with E-state index in [0.29, 0.717) is 5.56 Å². The maximum Gasteiger partial charge on any atom is 0.259 e. The Morgan fingerprint density at radius 1 is 1.44 bits per heavy atom. The molecular formula is C10H12N4O2. The molecule has 2 heterocycles. The lowest BCUT2D eigenvalue weighted by atomic mass is 10.0. The van der Waals surface area contributed by atoms with Crippen LogP contribution in [0, 0.1) is 0 Å². The first-order valence-electron chi connectivity index (χ1n) is 5.42. The number of nitrogens with one attached hydrogen (secondary N) is 1. The number of hydrogen-bond donors (Lipinski definition) is 2. The molecule has 84 valence electrons. The minimum absolute atomic E-state index is 0.0665. The molecular weight excluding hydrogens is 208 g/mol. The largest absolute Gasteiger partial charge is 0.493 e. The van der Waals surface area contributed by atoms with Crippen molar-refractivity contribution >= 4 is 5.78 Å². The van der Waals surface area contributed by atoms with Crippen molar-refractivity contribution in [1.29, 1.82) is 0 Å². The molecule has 0 radical (unpaired) electrons. The number of hydrogen-bond acceptors (Lipinski definition) is 4. The third-order valence-corrected chi connectivity index (χ3v) is 3.22. The lowest BCUT2D eigenvalue weighted by molar-refractivity contribution is 0.419. The Morgan fingerprint density at radius 2 is 2.19 bits per heavy atom. The molecule has 1 aliphatic carbocycles. The predicted molar refractivity (Wildman–Crippen MR) is 56.5 cm³/mol. The van der Waals surface area contributed by atoms with Crippen molar-refractivity contribution in [2.45, 2.75) is 31.6 Å². The summed E-state index contributed by atoms with van der Waals surface area (Å²) in [6.45, 7) is 0. The van der Waals surface area contributed by atoms with E-state index in [1.54, 1.807) is 0 Å². The van der Waals surface area contributed by atoms with Gasteiger partial charge >= 0.3 is 0 Å². The van der Waals surface area contributed by atoms with Crippen LogP contribution in [-0.4, -0.2) is 24.7 Å². The number of nitrogens with zero attached hydrogens (tertiary/aromatic N) is 3. The van der Waals surface area contributed by atoms with Gasteiger partial charge in [-0.1, -0.05) is 12.8 Å². The van der Waals surface area contributed by atoms with E-state index in [9.17, 15) is 9.90 Å². The maximum atomic E-state index is 11.8. The molecule has 2 aromatic rings. The molecule has 0 saturated heterocycles. The first-order chi connectivity index (χ1) is 7.77. The molecule has 6 nitrogen and oxygen atoms in total. The second-order valence-corrected chi connectivity index (χ2v) is 4.17. The number of fused-ring (bicyclic) bond motifs is 1. The van der Waals surface area contributed by atoms with Crippen LogP contribution in [0.2, 0.25) is 0 Å². The van der Waals surface area contributed by atoms with Gasteiger partial charge in [0.05, 0.1) is 5.56 Å². The fourth-order valence-corrected chi connectivity index (χ4v) is 2.45. The van der Waals surface area contributed by atoms with E-state index in [1.165, 1.54) is 10.8 Å². The molecule has 1 fully saturated rings. The Kier molecular flexibility index (Phi) is 1.95. The van der Waals surface area contributed by atoms with Crippen LogP contribution in [0.1, 0.15) is 37.2 Å². The highest BCUT2D eigenvalue weighted by atomic mass is 16.3. The molecule has 3 rings (SSSR count). The molecule has 0 bridgehead atoms. The molecule has 0 aliphatic heterocycles. The van der Waals surface area contributed by atoms with Gasteiger partial charge < -0.3 is 5.11 Å². The summed E-state index contributed by atoms with van der Waals surface area (Å²) in [5, 5.41) is 13.9. The zero-order valence-corrected chi connectivity index (χ0v) is 8.68. The Labute approximate surface area is 91.0 Å². The molecule has 0 aromatic carbocycles. The number of aromatic nitrogens is 4. The van der Waals surface area contributed by atoms with Gasteiger partial charge in [-0.15, -0.1) is 0 Å². The topological polar surface area (TPSA) is 83.3 Å². The molecule has 16 heavy (non-hydrogen) atoms. The van der Waals surface area contributed by atoms with Gasteiger partial charge in [-0.05, 0) is 18.8 Å². The molecule has 0 spiro atoms. The van der Waals surface area contributed by atoms with Gasteiger partial charge in [-0.3, -0.25) is 9.78 Å². The van der Waals surface area contributed by atoms with Gasteiger partial charge in [0, 0.05) is 0 Å². The Balaban J connectivity index is 2.26. The van der Waals surface area contributed by atoms with Gasteiger partial charge in [-0.2, -0.15) is 14.6 Å². The zero-order valence-electron chi connectivity index (χ0n) is 8.68. The molecule has 2 N–H and O–H groups in total. The zero-order chi connectivity index (χ0) is 11.1. The van der Waals surface area contributed by atoms with Crippen molar-refractivity contribution in [3.8, 4) is 5.88 Å². The quantitative estimate of drug-likeness (QED) is 0.744. The van der Waals surface area contributed by atoms with Crippen molar-refractivity contribution in [1.82, 2.24) is 19.6 Å². The first-order valence-corrected chi connectivity index (χ1v) is 5.42. The van der Waals surface area contributed by atoms with Crippen LogP contribution in [0.15, 0.2) is 11.1 Å². The highest BCUT2D eigenvalue weighted by Gasteiger charge is 2.25. The smallest absolute Gasteiger partial charge is 0.259 e. The van der Waals surface area contributed by atoms with Gasteiger partial charge in [0.2, 0.25) is 11.7 Å². The van der Waals surface area contributed by atoms with Crippen LogP contribution in [0.3, 0.4) is 0 Å². The minimum Gasteiger partial charge on any atom is -0.493 e. The van der Waals surface area contributed by atoms with Crippen LogP contribution in [0.4, 0.5) is 0 Å². The summed E-state index contributed by atoms with van der Waals surface area (Å²) in [4.78, 5) is 18.3. The average Bonchev–Trinajstić information content (AvgIpc) is 2.87. The highest BCUT2D eigenvalue weighted by Crippen LogP contribution is 2.35. The maximum absolute atomic E-state index is 11.8. The van der Waals surface area contributed by atoms with Crippen LogP contribution in [0.5, 0.6) is 5.88 Å². The van der Waals surface area contributed by atoms with Gasteiger partial charge in [0.15, 0.2) is 0 Å². The van der Waals surface area contributed by atoms with E-state index in [1.807, 2.05) is 0 Å². The number of H-pyrrole nitrogens is 1. The SMILES string of the molecule is O=c1[nH]c2ncnn2c(O)c1C1CCCC1. The van der Waals surface area contributed by atoms with Crippen LogP contribution in [-0.2, 0) is 0 Å². The third kappa shape index (κ3) is 1.22. The molecule has 6 heteroatoms. The first kappa shape index (κ1) is 9.38. The van der Waals surface area contributed by atoms with E-state index >= 15 is 0 Å². The van der Waals surface area contributed by atoms with Crippen molar-refractivity contribution in [3.63, 3.8) is 0 Å². The minimum atomic E-state index is -0.245. The molecule has 0 amide bonds. The van der Waals surface area contributed by atoms with Crippen LogP contribution in [0.25, 0.3) is 5.78 Å². The average molecular weight is 220 g/mol. The van der Waals surface area contributed by atoms with Crippen molar-refractivity contribution in [2.75, 3.05) is 0 Å². The standard InChI is InChI=1S/C10H12N4O2/c15-8-7(6-3-1-2-4-6)9(16)14-10(13-8)11-5-12-14/h5-6,16H,1-4H2,(H,11,12,13,15). The van der Waals surface area contributed by atoms with E-state index in [2.05, 4.69) is 15.1 Å². The second-order valence-electron chi connectivity index (χ2n) is 4.17. The van der Waals surface area contributed by atoms with E-state index in [-0.39, 0.29) is 23.1 Å². The summed E-state index contributed by atoms with van der Waals surface area (Å²) >= 11 is 0. The van der Waals surface area contributed by atoms with Crippen LogP contribution < -0.4 is 5.56 Å². The number of aromatic amines is 1. The normalized spacial score (nSPS) is 17.2. The Morgan fingerprint density at radius 3 is 2.94 bits per heavy atom. The van der Waals surface area contributed by atoms with Gasteiger partial charge in [0.1, 0.15) is 6.33 Å². The Hall–Kier alpha value is -1.85. The van der Waals surface area contributed by atoms with Gasteiger partial charge in [0.25, 0.3) is 5.56 Å². The molecule has 1 aliphatic rings. The summed E-state index contributed by atoms with van der Waals surface area (Å²) in [7, 11) is 0. The van der Waals surface area contributed by atoms with Crippen LogP contribution >= 0.6 is 0 Å². The molecule has 0 atom stereocenters. The lowest BCUT2D eigenvalue weighted by Crippen LogP contribution is -2.18. The fraction of sp³-hybridized carbons (Fsp3) is 0.500. The van der Waals surface area contributed by atoms with Crippen molar-refractivity contribution in [2.24, 2.45) is 0 Å². The number of aromatic hydroxyl groups is 1. The summed E-state index contributed by atoms with van der Waals surface area (Å²) in [6.07, 6.45) is 5.44. The monoisotopic (exact) mass is 220 g/mol. The molecule has 1 saturated carbocycles. The van der Waals surface area contributed by atoms with Crippen molar-refractivity contribution < 1.29 is 5.11 Å². The molecule has 0 unspecified atom stereocenters. The highest BCUT2D eigenvalue weighted by molar-refractivity contribution is 5.37. The summed E-state index contributed by atoms with van der Waals surface area (Å²) < 4.78 is 1.27. The van der Waals surface area contributed by atoms with E-state index in [4.69, 9.17) is 0 Å². The molecule has 2 aromatic heterocycles. The van der Waals surface area contributed by atoms with Crippen molar-refractivity contribution in [3.05, 3.63) is 22.2 Å². The summed E-state index contributed by atoms with van der Waals surface area (Å²) in [5.41, 5.74) is 0.209. The van der Waals surface area contributed by atoms with E-state index < -0.39 is 0 Å². The lowest BCUT2D eigenvalue weighted by Gasteiger charge is -2.10. The fourth-order valence-electron chi connectivity index (χ4n) is 2.45. The van der Waals surface area contributed by atoms with E-state index in [0.717, 1.165) is 25.7 Å². The van der Waals surface area contributed by atoms with Gasteiger partial charge in [-0.25, -0.2) is 0 Å². The number of rotatable bonds is 1. The summed E-state index contributed by atoms with van der Waals surface area (Å²) in [6, 6.07) is 0. The predicted octanol–water partition coefficient (Wildman–Crippen LogP) is 0.781. The second kappa shape index (κ2) is 3.33.